The van der Waals surface area contributed by atoms with Gasteiger partial charge in [-0.2, -0.15) is 0 Å². The molecular weight excluding hydrogens is 817 g/mol. The Morgan fingerprint density at radius 1 is 0.242 bits per heavy atom. The predicted molar refractivity (Wildman–Crippen MR) is 284 cm³/mol. The lowest BCUT2D eigenvalue weighted by Gasteiger charge is -2.18. The van der Waals surface area contributed by atoms with E-state index in [1.165, 1.54) is 250 Å². The fraction of sp³-hybridized carbons (Fsp3) is 0.950. The van der Waals surface area contributed by atoms with E-state index in [0.717, 1.165) is 57.8 Å². The molecule has 0 heterocycles. The maximum atomic E-state index is 12.9. The van der Waals surface area contributed by atoms with Gasteiger partial charge in [-0.05, 0) is 19.3 Å². The van der Waals surface area contributed by atoms with E-state index in [0.29, 0.717) is 19.3 Å². The van der Waals surface area contributed by atoms with Crippen molar-refractivity contribution in [2.45, 2.75) is 354 Å². The lowest BCUT2D eigenvalue weighted by Crippen LogP contribution is -2.30. The first-order chi connectivity index (χ1) is 32.5. The van der Waals surface area contributed by atoms with Crippen molar-refractivity contribution < 1.29 is 28.6 Å². The normalized spacial score (nSPS) is 11.9. The summed E-state index contributed by atoms with van der Waals surface area (Å²) in [5.41, 5.74) is 0. The maximum Gasteiger partial charge on any atom is 0.306 e. The highest BCUT2D eigenvalue weighted by molar-refractivity contribution is 5.71. The SMILES string of the molecule is CCCCCCCCCCCCCCCCCCCCC(=O)OCC(COC(=O)CCCCCCCCCCCCCC)OC(=O)CCCCCCCCCCCCCCCCCCCC. The molecule has 6 heteroatoms. The number of hydrogen-bond acceptors (Lipinski definition) is 6. The van der Waals surface area contributed by atoms with E-state index in [9.17, 15) is 14.4 Å². The summed E-state index contributed by atoms with van der Waals surface area (Å²) in [6.45, 7) is 6.71. The van der Waals surface area contributed by atoms with Crippen LogP contribution in [0.15, 0.2) is 0 Å². The van der Waals surface area contributed by atoms with Crippen LogP contribution in [-0.2, 0) is 28.6 Å². The molecule has 0 aliphatic rings. The fourth-order valence-corrected chi connectivity index (χ4v) is 9.33. The number of rotatable bonds is 56. The number of carbonyl (C=O) groups excluding carboxylic acids is 3. The third-order valence-corrected chi connectivity index (χ3v) is 13.9. The number of ether oxygens (including phenoxy) is 3. The molecule has 0 amide bonds. The Kier molecular flexibility index (Phi) is 54.7. The Bertz CT molecular complexity index is 982. The average Bonchev–Trinajstić information content (AvgIpc) is 3.31. The Hall–Kier alpha value is -1.59. The monoisotopic (exact) mass is 933 g/mol. The van der Waals surface area contributed by atoms with Gasteiger partial charge in [0.1, 0.15) is 13.2 Å². The van der Waals surface area contributed by atoms with E-state index in [1.54, 1.807) is 0 Å². The van der Waals surface area contributed by atoms with Gasteiger partial charge in [-0.15, -0.1) is 0 Å². The van der Waals surface area contributed by atoms with Gasteiger partial charge >= 0.3 is 17.9 Å². The Labute approximate surface area is 412 Å². The lowest BCUT2D eigenvalue weighted by atomic mass is 10.0. The Morgan fingerprint density at radius 2 is 0.409 bits per heavy atom. The van der Waals surface area contributed by atoms with Gasteiger partial charge in [0, 0.05) is 19.3 Å². The van der Waals surface area contributed by atoms with E-state index in [4.69, 9.17) is 14.2 Å². The second-order valence-corrected chi connectivity index (χ2v) is 20.6. The highest BCUT2D eigenvalue weighted by Crippen LogP contribution is 2.18. The van der Waals surface area contributed by atoms with Crippen molar-refractivity contribution in [2.75, 3.05) is 13.2 Å². The molecule has 0 saturated heterocycles. The van der Waals surface area contributed by atoms with Gasteiger partial charge in [0.15, 0.2) is 6.10 Å². The molecule has 0 aliphatic carbocycles. The number of unbranched alkanes of at least 4 members (excludes halogenated alkanes) is 45. The molecule has 0 rings (SSSR count). The largest absolute Gasteiger partial charge is 0.462 e. The van der Waals surface area contributed by atoms with Crippen molar-refractivity contribution in [1.29, 1.82) is 0 Å². The zero-order valence-corrected chi connectivity index (χ0v) is 45.0. The first-order valence-corrected chi connectivity index (χ1v) is 30.0. The second kappa shape index (κ2) is 56.0. The maximum absolute atomic E-state index is 12.9. The van der Waals surface area contributed by atoms with E-state index in [-0.39, 0.29) is 31.1 Å². The molecule has 0 aromatic rings. The van der Waals surface area contributed by atoms with Crippen LogP contribution >= 0.6 is 0 Å². The molecule has 392 valence electrons. The van der Waals surface area contributed by atoms with Gasteiger partial charge < -0.3 is 14.2 Å². The van der Waals surface area contributed by atoms with Crippen molar-refractivity contribution in [1.82, 2.24) is 0 Å². The van der Waals surface area contributed by atoms with Crippen LogP contribution in [0, 0.1) is 0 Å². The molecule has 1 atom stereocenters. The van der Waals surface area contributed by atoms with Gasteiger partial charge in [-0.3, -0.25) is 14.4 Å². The van der Waals surface area contributed by atoms with Crippen molar-refractivity contribution in [3.63, 3.8) is 0 Å². The molecule has 6 nitrogen and oxygen atoms in total. The first kappa shape index (κ1) is 64.4. The van der Waals surface area contributed by atoms with Crippen LogP contribution in [0.1, 0.15) is 348 Å². The summed E-state index contributed by atoms with van der Waals surface area (Å²) < 4.78 is 16.9. The summed E-state index contributed by atoms with van der Waals surface area (Å²) in [4.78, 5) is 38.2. The number of esters is 3. The molecule has 0 bridgehead atoms. The number of carbonyl (C=O) groups is 3. The van der Waals surface area contributed by atoms with Crippen LogP contribution < -0.4 is 0 Å². The highest BCUT2D eigenvalue weighted by atomic mass is 16.6. The third-order valence-electron chi connectivity index (χ3n) is 13.9. The molecular formula is C60H116O6. The molecule has 0 N–H and O–H groups in total. The molecule has 0 aliphatic heterocycles. The molecule has 1 unspecified atom stereocenters. The van der Waals surface area contributed by atoms with Crippen molar-refractivity contribution in [2.24, 2.45) is 0 Å². The molecule has 0 saturated carbocycles. The van der Waals surface area contributed by atoms with Gasteiger partial charge in [0.25, 0.3) is 0 Å². The Balaban J connectivity index is 4.26. The zero-order valence-electron chi connectivity index (χ0n) is 45.0. The predicted octanol–water partition coefficient (Wildman–Crippen LogP) is 19.9. The van der Waals surface area contributed by atoms with Gasteiger partial charge in [-0.1, -0.05) is 310 Å². The molecule has 0 aromatic carbocycles. The van der Waals surface area contributed by atoms with Crippen molar-refractivity contribution in [3.05, 3.63) is 0 Å². The summed E-state index contributed by atoms with van der Waals surface area (Å²) in [5.74, 6) is -0.830. The standard InChI is InChI=1S/C60H116O6/c1-4-7-10-13-16-19-22-25-27-29-31-33-35-38-41-44-47-50-53-59(62)65-56-57(55-64-58(61)52-49-46-43-40-37-24-21-18-15-12-9-6-3)66-60(63)54-51-48-45-42-39-36-34-32-30-28-26-23-20-17-14-11-8-5-2/h57H,4-56H2,1-3H3. The van der Waals surface area contributed by atoms with E-state index >= 15 is 0 Å². The second-order valence-electron chi connectivity index (χ2n) is 20.6. The topological polar surface area (TPSA) is 78.9 Å². The van der Waals surface area contributed by atoms with Gasteiger partial charge in [-0.25, -0.2) is 0 Å². The van der Waals surface area contributed by atoms with Crippen molar-refractivity contribution >= 4 is 17.9 Å². The molecule has 66 heavy (non-hydrogen) atoms. The van der Waals surface area contributed by atoms with Gasteiger partial charge in [0.2, 0.25) is 0 Å². The Morgan fingerprint density at radius 3 is 0.606 bits per heavy atom. The summed E-state index contributed by atoms with van der Waals surface area (Å²) >= 11 is 0. The zero-order chi connectivity index (χ0) is 47.9. The third kappa shape index (κ3) is 53.4. The summed E-state index contributed by atoms with van der Waals surface area (Å²) in [6.07, 6.45) is 62.4. The number of hydrogen-bond donors (Lipinski definition) is 0. The van der Waals surface area contributed by atoms with E-state index in [1.807, 2.05) is 0 Å². The average molecular weight is 934 g/mol. The van der Waals surface area contributed by atoms with Crippen LogP contribution in [0.25, 0.3) is 0 Å². The molecule has 0 spiro atoms. The summed E-state index contributed by atoms with van der Waals surface area (Å²) in [7, 11) is 0. The molecule has 0 aromatic heterocycles. The minimum atomic E-state index is -0.761. The van der Waals surface area contributed by atoms with Gasteiger partial charge in [0.05, 0.1) is 0 Å². The quantitative estimate of drug-likeness (QED) is 0.0343. The molecule has 0 fully saturated rings. The van der Waals surface area contributed by atoms with E-state index < -0.39 is 6.10 Å². The van der Waals surface area contributed by atoms with E-state index in [2.05, 4.69) is 20.8 Å². The van der Waals surface area contributed by atoms with Crippen molar-refractivity contribution in [3.8, 4) is 0 Å². The summed E-state index contributed by atoms with van der Waals surface area (Å²) in [6, 6.07) is 0. The van der Waals surface area contributed by atoms with Crippen LogP contribution in [0.3, 0.4) is 0 Å². The molecule has 0 radical (unpaired) electrons. The fourth-order valence-electron chi connectivity index (χ4n) is 9.33. The van der Waals surface area contributed by atoms with Crippen LogP contribution in [0.5, 0.6) is 0 Å². The summed E-state index contributed by atoms with van der Waals surface area (Å²) in [5, 5.41) is 0. The van der Waals surface area contributed by atoms with Crippen LogP contribution in [0.4, 0.5) is 0 Å². The lowest BCUT2D eigenvalue weighted by molar-refractivity contribution is -0.167. The first-order valence-electron chi connectivity index (χ1n) is 30.0. The highest BCUT2D eigenvalue weighted by Gasteiger charge is 2.19. The smallest absolute Gasteiger partial charge is 0.306 e. The van der Waals surface area contributed by atoms with Crippen LogP contribution in [0.2, 0.25) is 0 Å². The van der Waals surface area contributed by atoms with Crippen LogP contribution in [-0.4, -0.2) is 37.2 Å². The minimum Gasteiger partial charge on any atom is -0.462 e. The minimum absolute atomic E-state index is 0.0609.